The zero-order valence-electron chi connectivity index (χ0n) is 12.5. The standard InChI is InChI=1S/C15H19N5O2/c1-11-17-4-5-19(11)10-15(22)20-8-12(14(21)9-20)6-13-7-16-2-3-18-13/h2-5,7,12,14,21H,6,8-10H2,1H3/t12-,14-/m1/s1. The Hall–Kier alpha value is -2.28. The fourth-order valence-electron chi connectivity index (χ4n) is 2.78. The Labute approximate surface area is 128 Å². The van der Waals surface area contributed by atoms with Gasteiger partial charge in [-0.1, -0.05) is 0 Å². The molecule has 3 rings (SSSR count). The van der Waals surface area contributed by atoms with Gasteiger partial charge in [-0.2, -0.15) is 0 Å². The predicted molar refractivity (Wildman–Crippen MR) is 78.8 cm³/mol. The topological polar surface area (TPSA) is 84.1 Å². The molecule has 0 bridgehead atoms. The highest BCUT2D eigenvalue weighted by Crippen LogP contribution is 2.21. The van der Waals surface area contributed by atoms with Crippen LogP contribution in [0.15, 0.2) is 31.0 Å². The Morgan fingerprint density at radius 1 is 1.32 bits per heavy atom. The van der Waals surface area contributed by atoms with Crippen molar-refractivity contribution in [2.75, 3.05) is 13.1 Å². The molecule has 116 valence electrons. The lowest BCUT2D eigenvalue weighted by Gasteiger charge is -2.16. The molecule has 1 aliphatic heterocycles. The van der Waals surface area contributed by atoms with E-state index < -0.39 is 6.10 Å². The summed E-state index contributed by atoms with van der Waals surface area (Å²) in [6.45, 7) is 3.04. The van der Waals surface area contributed by atoms with Crippen molar-refractivity contribution in [3.8, 4) is 0 Å². The first-order valence-corrected chi connectivity index (χ1v) is 7.32. The van der Waals surface area contributed by atoms with Crippen LogP contribution in [0.25, 0.3) is 0 Å². The van der Waals surface area contributed by atoms with Crippen molar-refractivity contribution in [2.24, 2.45) is 5.92 Å². The van der Waals surface area contributed by atoms with E-state index in [9.17, 15) is 9.90 Å². The number of aromatic nitrogens is 4. The average molecular weight is 301 g/mol. The third kappa shape index (κ3) is 3.14. The molecule has 1 aliphatic rings. The molecule has 0 aromatic carbocycles. The van der Waals surface area contributed by atoms with E-state index in [0.29, 0.717) is 19.5 Å². The minimum absolute atomic E-state index is 0.00166. The molecule has 0 aliphatic carbocycles. The van der Waals surface area contributed by atoms with Crippen LogP contribution in [0.3, 0.4) is 0 Å². The van der Waals surface area contributed by atoms with Crippen molar-refractivity contribution < 1.29 is 9.90 Å². The summed E-state index contributed by atoms with van der Waals surface area (Å²) in [5.41, 5.74) is 0.839. The summed E-state index contributed by atoms with van der Waals surface area (Å²) >= 11 is 0. The van der Waals surface area contributed by atoms with E-state index in [-0.39, 0.29) is 18.4 Å². The fourth-order valence-corrected chi connectivity index (χ4v) is 2.78. The number of imidazole rings is 1. The number of carbonyl (C=O) groups is 1. The van der Waals surface area contributed by atoms with Crippen LogP contribution < -0.4 is 0 Å². The van der Waals surface area contributed by atoms with Gasteiger partial charge in [0.2, 0.25) is 5.91 Å². The van der Waals surface area contributed by atoms with E-state index >= 15 is 0 Å². The van der Waals surface area contributed by atoms with E-state index in [1.807, 2.05) is 11.5 Å². The van der Waals surface area contributed by atoms with Crippen molar-refractivity contribution in [3.63, 3.8) is 0 Å². The van der Waals surface area contributed by atoms with Gasteiger partial charge in [0.05, 0.1) is 11.8 Å². The molecule has 1 fully saturated rings. The number of carbonyl (C=O) groups excluding carboxylic acids is 1. The number of likely N-dealkylation sites (tertiary alicyclic amines) is 1. The summed E-state index contributed by atoms with van der Waals surface area (Å²) < 4.78 is 1.81. The van der Waals surface area contributed by atoms with Gasteiger partial charge in [-0.3, -0.25) is 14.8 Å². The molecule has 0 spiro atoms. The normalized spacial score (nSPS) is 21.3. The maximum Gasteiger partial charge on any atom is 0.242 e. The van der Waals surface area contributed by atoms with Crippen LogP contribution in [0.1, 0.15) is 11.5 Å². The van der Waals surface area contributed by atoms with Gasteiger partial charge in [0, 0.05) is 50.0 Å². The first-order chi connectivity index (χ1) is 10.6. The van der Waals surface area contributed by atoms with Crippen molar-refractivity contribution in [1.82, 2.24) is 24.4 Å². The highest BCUT2D eigenvalue weighted by atomic mass is 16.3. The molecule has 0 unspecified atom stereocenters. The van der Waals surface area contributed by atoms with E-state index in [2.05, 4.69) is 15.0 Å². The Balaban J connectivity index is 1.60. The van der Waals surface area contributed by atoms with Crippen LogP contribution in [-0.2, 0) is 17.8 Å². The summed E-state index contributed by atoms with van der Waals surface area (Å²) in [5.74, 6) is 0.815. The van der Waals surface area contributed by atoms with Crippen LogP contribution in [0, 0.1) is 12.8 Å². The summed E-state index contributed by atoms with van der Waals surface area (Å²) in [6, 6.07) is 0. The monoisotopic (exact) mass is 301 g/mol. The summed E-state index contributed by atoms with van der Waals surface area (Å²) in [5, 5.41) is 10.2. The van der Waals surface area contributed by atoms with Gasteiger partial charge in [-0.15, -0.1) is 0 Å². The molecule has 2 aromatic heterocycles. The van der Waals surface area contributed by atoms with E-state index in [1.54, 1.807) is 35.9 Å². The number of aliphatic hydroxyl groups excluding tert-OH is 1. The molecular formula is C15H19N5O2. The lowest BCUT2D eigenvalue weighted by atomic mass is 10.0. The third-order valence-electron chi connectivity index (χ3n) is 4.08. The second kappa shape index (κ2) is 6.23. The zero-order valence-corrected chi connectivity index (χ0v) is 12.5. The molecule has 2 atom stereocenters. The number of hydrogen-bond acceptors (Lipinski definition) is 5. The molecule has 7 nitrogen and oxygen atoms in total. The van der Waals surface area contributed by atoms with Gasteiger partial charge in [0.15, 0.2) is 0 Å². The van der Waals surface area contributed by atoms with E-state index in [1.165, 1.54) is 0 Å². The zero-order chi connectivity index (χ0) is 15.5. The van der Waals surface area contributed by atoms with E-state index in [0.717, 1.165) is 11.5 Å². The Morgan fingerprint density at radius 2 is 2.18 bits per heavy atom. The van der Waals surface area contributed by atoms with Gasteiger partial charge in [0.1, 0.15) is 12.4 Å². The largest absolute Gasteiger partial charge is 0.391 e. The average Bonchev–Trinajstić information content (AvgIpc) is 3.07. The van der Waals surface area contributed by atoms with Crippen LogP contribution in [0.4, 0.5) is 0 Å². The molecule has 2 aromatic rings. The number of amides is 1. The van der Waals surface area contributed by atoms with Crippen LogP contribution in [0.2, 0.25) is 0 Å². The van der Waals surface area contributed by atoms with Gasteiger partial charge < -0.3 is 14.6 Å². The Morgan fingerprint density at radius 3 is 2.86 bits per heavy atom. The van der Waals surface area contributed by atoms with E-state index in [4.69, 9.17) is 0 Å². The number of hydrogen-bond donors (Lipinski definition) is 1. The molecule has 1 N–H and O–H groups in total. The lowest BCUT2D eigenvalue weighted by Crippen LogP contribution is -2.32. The van der Waals surface area contributed by atoms with Crippen molar-refractivity contribution in [3.05, 3.63) is 42.5 Å². The van der Waals surface area contributed by atoms with Crippen molar-refractivity contribution in [1.29, 1.82) is 0 Å². The fraction of sp³-hybridized carbons (Fsp3) is 0.467. The van der Waals surface area contributed by atoms with Crippen LogP contribution in [0.5, 0.6) is 0 Å². The van der Waals surface area contributed by atoms with Crippen molar-refractivity contribution in [2.45, 2.75) is 26.0 Å². The number of nitrogens with zero attached hydrogens (tertiary/aromatic N) is 5. The van der Waals surface area contributed by atoms with Gasteiger partial charge in [-0.05, 0) is 13.3 Å². The number of aliphatic hydroxyl groups is 1. The minimum atomic E-state index is -0.519. The number of β-amino-alcohol motifs (C(OH)–C–C–N with tert-alkyl or cyclic N) is 1. The predicted octanol–water partition coefficient (Wildman–Crippen LogP) is 0.0435. The molecule has 1 saturated heterocycles. The second-order valence-corrected chi connectivity index (χ2v) is 5.63. The molecule has 1 amide bonds. The van der Waals surface area contributed by atoms with Gasteiger partial charge in [0.25, 0.3) is 0 Å². The third-order valence-corrected chi connectivity index (χ3v) is 4.08. The molecule has 22 heavy (non-hydrogen) atoms. The van der Waals surface area contributed by atoms with Gasteiger partial charge >= 0.3 is 0 Å². The Bertz CT molecular complexity index is 642. The smallest absolute Gasteiger partial charge is 0.242 e. The molecule has 7 heteroatoms. The Kier molecular flexibility index (Phi) is 4.15. The lowest BCUT2D eigenvalue weighted by molar-refractivity contribution is -0.131. The maximum atomic E-state index is 12.3. The highest BCUT2D eigenvalue weighted by molar-refractivity contribution is 5.76. The summed E-state index contributed by atoms with van der Waals surface area (Å²) in [7, 11) is 0. The first-order valence-electron chi connectivity index (χ1n) is 7.32. The molecule has 0 saturated carbocycles. The summed E-state index contributed by atoms with van der Waals surface area (Å²) in [6.07, 6.45) is 8.54. The van der Waals surface area contributed by atoms with Crippen LogP contribution in [-0.4, -0.2) is 54.6 Å². The van der Waals surface area contributed by atoms with Gasteiger partial charge in [-0.25, -0.2) is 4.98 Å². The second-order valence-electron chi connectivity index (χ2n) is 5.63. The number of rotatable bonds is 4. The van der Waals surface area contributed by atoms with Crippen molar-refractivity contribution >= 4 is 5.91 Å². The molecular weight excluding hydrogens is 282 g/mol. The maximum absolute atomic E-state index is 12.3. The minimum Gasteiger partial charge on any atom is -0.391 e. The summed E-state index contributed by atoms with van der Waals surface area (Å²) in [4.78, 5) is 26.4. The number of aryl methyl sites for hydroxylation is 1. The SMILES string of the molecule is Cc1nccn1CC(=O)N1C[C@@H](Cc2cnccn2)[C@H](O)C1. The molecule has 0 radical (unpaired) electrons. The van der Waals surface area contributed by atoms with Crippen LogP contribution >= 0.6 is 0 Å². The quantitative estimate of drug-likeness (QED) is 0.862. The first kappa shape index (κ1) is 14.6. The molecule has 3 heterocycles. The highest BCUT2D eigenvalue weighted by Gasteiger charge is 2.34.